The summed E-state index contributed by atoms with van der Waals surface area (Å²) in [6.45, 7) is 7.25. The second-order valence-corrected chi connectivity index (χ2v) is 15.8. The van der Waals surface area contributed by atoms with Crippen LogP contribution >= 0.6 is 0 Å². The standard InChI is InChI=1S/C30H40N2O5Si/c1-20-26(13-10-21-8-11-24(12-9-21)31-15-14-28(31)34)37-27(30(20)38(2,3)36)17-29(35)32-18-23-7-5-4-6-22(23)16-25(32)19-33/h4-9,11-12,20,25-27,30,33,36H,10,13-19H2,1-3H3/t20-,25+,26+,27-,30+/m1/s1. The van der Waals surface area contributed by atoms with Crippen LogP contribution in [0, 0.1) is 5.92 Å². The van der Waals surface area contributed by atoms with E-state index in [4.69, 9.17) is 4.74 Å². The van der Waals surface area contributed by atoms with Crippen LogP contribution < -0.4 is 4.90 Å². The number of aliphatic hydroxyl groups is 1. The second kappa shape index (κ2) is 10.9. The van der Waals surface area contributed by atoms with Crippen LogP contribution in [0.4, 0.5) is 5.69 Å². The van der Waals surface area contributed by atoms with Crippen molar-refractivity contribution in [1.29, 1.82) is 0 Å². The Hall–Kier alpha value is -2.52. The molecule has 2 N–H and O–H groups in total. The van der Waals surface area contributed by atoms with Gasteiger partial charge in [0, 0.05) is 30.7 Å². The monoisotopic (exact) mass is 536 g/mol. The molecule has 38 heavy (non-hydrogen) atoms. The molecule has 3 aliphatic heterocycles. The lowest BCUT2D eigenvalue weighted by atomic mass is 9.93. The zero-order chi connectivity index (χ0) is 27.0. The lowest BCUT2D eigenvalue weighted by Crippen LogP contribution is -2.48. The number of aliphatic hydroxyl groups excluding tert-OH is 1. The van der Waals surface area contributed by atoms with E-state index in [1.165, 1.54) is 11.1 Å². The molecular formula is C30H40N2O5Si. The van der Waals surface area contributed by atoms with Crippen molar-refractivity contribution in [3.05, 3.63) is 65.2 Å². The fourth-order valence-corrected chi connectivity index (χ4v) is 9.29. The van der Waals surface area contributed by atoms with Crippen molar-refractivity contribution in [3.8, 4) is 0 Å². The van der Waals surface area contributed by atoms with Gasteiger partial charge >= 0.3 is 0 Å². The third-order valence-electron chi connectivity index (χ3n) is 8.80. The molecule has 2 amide bonds. The lowest BCUT2D eigenvalue weighted by Gasteiger charge is -2.37. The molecule has 204 valence electrons. The molecule has 5 rings (SSSR count). The van der Waals surface area contributed by atoms with Crippen LogP contribution in [0.25, 0.3) is 0 Å². The van der Waals surface area contributed by atoms with E-state index in [2.05, 4.69) is 25.1 Å². The number of fused-ring (bicyclic) bond motifs is 1. The van der Waals surface area contributed by atoms with Gasteiger partial charge in [-0.1, -0.05) is 43.3 Å². The van der Waals surface area contributed by atoms with Gasteiger partial charge in [0.15, 0.2) is 8.32 Å². The first-order valence-electron chi connectivity index (χ1n) is 13.9. The second-order valence-electron chi connectivity index (χ2n) is 11.8. The summed E-state index contributed by atoms with van der Waals surface area (Å²) in [5.41, 5.74) is 4.41. The molecule has 3 aliphatic rings. The number of benzene rings is 2. The molecule has 0 aromatic heterocycles. The molecule has 7 nitrogen and oxygen atoms in total. The molecule has 0 bridgehead atoms. The molecule has 0 unspecified atom stereocenters. The van der Waals surface area contributed by atoms with Gasteiger partial charge in [-0.25, -0.2) is 0 Å². The van der Waals surface area contributed by atoms with Gasteiger partial charge in [0.2, 0.25) is 11.8 Å². The largest absolute Gasteiger partial charge is 0.432 e. The van der Waals surface area contributed by atoms with Crippen LogP contribution in [0.15, 0.2) is 48.5 Å². The van der Waals surface area contributed by atoms with Crippen molar-refractivity contribution in [3.63, 3.8) is 0 Å². The Labute approximate surface area is 226 Å². The molecule has 0 radical (unpaired) electrons. The molecule has 2 saturated heterocycles. The SMILES string of the molecule is C[C@H]1[C@H]([Si](C)(C)O)[C@@H](CC(=O)N2Cc3ccccc3C[C@H]2CO)O[C@H]1CCc1ccc(N2CCC2=O)cc1. The van der Waals surface area contributed by atoms with E-state index >= 15 is 0 Å². The van der Waals surface area contributed by atoms with E-state index in [-0.39, 0.29) is 54.6 Å². The predicted octanol–water partition coefficient (Wildman–Crippen LogP) is 3.66. The molecule has 2 fully saturated rings. The van der Waals surface area contributed by atoms with Gasteiger partial charge in [0.05, 0.1) is 31.3 Å². The fraction of sp³-hybridized carbons (Fsp3) is 0.533. The summed E-state index contributed by atoms with van der Waals surface area (Å²) in [7, 11) is -2.61. The Morgan fingerprint density at radius 1 is 1.08 bits per heavy atom. The van der Waals surface area contributed by atoms with E-state index < -0.39 is 8.32 Å². The van der Waals surface area contributed by atoms with Crippen LogP contribution in [-0.2, 0) is 33.7 Å². The quantitative estimate of drug-likeness (QED) is 0.397. The van der Waals surface area contributed by atoms with Crippen molar-refractivity contribution in [2.24, 2.45) is 5.92 Å². The highest BCUT2D eigenvalue weighted by molar-refractivity contribution is 6.71. The number of carbonyl (C=O) groups excluding carboxylic acids is 2. The van der Waals surface area contributed by atoms with Crippen LogP contribution in [0.1, 0.15) is 42.9 Å². The first-order chi connectivity index (χ1) is 18.2. The van der Waals surface area contributed by atoms with E-state index in [0.717, 1.165) is 30.6 Å². The Morgan fingerprint density at radius 3 is 2.39 bits per heavy atom. The topological polar surface area (TPSA) is 90.3 Å². The maximum absolute atomic E-state index is 13.6. The van der Waals surface area contributed by atoms with Gasteiger partial charge in [-0.2, -0.15) is 0 Å². The Bertz CT molecular complexity index is 1160. The molecule has 0 aliphatic carbocycles. The first-order valence-corrected chi connectivity index (χ1v) is 16.9. The average molecular weight is 537 g/mol. The number of nitrogens with zero attached hydrogens (tertiary/aromatic N) is 2. The number of carbonyl (C=O) groups is 2. The molecule has 2 aromatic rings. The summed E-state index contributed by atoms with van der Waals surface area (Å²) < 4.78 is 6.55. The number of anilines is 1. The number of β-lactam (4-membered cyclic amide) rings is 1. The highest BCUT2D eigenvalue weighted by atomic mass is 28.4. The van der Waals surface area contributed by atoms with Crippen molar-refractivity contribution in [2.75, 3.05) is 18.1 Å². The molecule has 0 saturated carbocycles. The molecule has 2 aromatic carbocycles. The highest BCUT2D eigenvalue weighted by Crippen LogP contribution is 2.46. The van der Waals surface area contributed by atoms with Gasteiger partial charge in [-0.15, -0.1) is 0 Å². The zero-order valence-electron chi connectivity index (χ0n) is 22.7. The first kappa shape index (κ1) is 27.1. The fourth-order valence-electron chi connectivity index (χ4n) is 6.68. The lowest BCUT2D eigenvalue weighted by molar-refractivity contribution is -0.138. The molecule has 5 atom stereocenters. The maximum atomic E-state index is 13.6. The van der Waals surface area contributed by atoms with Gasteiger partial charge in [0.1, 0.15) is 0 Å². The third kappa shape index (κ3) is 5.45. The van der Waals surface area contributed by atoms with Gasteiger partial charge in [0.25, 0.3) is 0 Å². The summed E-state index contributed by atoms with van der Waals surface area (Å²) in [4.78, 5) is 40.1. The van der Waals surface area contributed by atoms with E-state index in [1.807, 2.05) is 43.4 Å². The van der Waals surface area contributed by atoms with Crippen molar-refractivity contribution in [1.82, 2.24) is 4.90 Å². The van der Waals surface area contributed by atoms with E-state index in [9.17, 15) is 19.5 Å². The smallest absolute Gasteiger partial charge is 0.228 e. The van der Waals surface area contributed by atoms with E-state index in [0.29, 0.717) is 19.4 Å². The van der Waals surface area contributed by atoms with Crippen LogP contribution in [0.2, 0.25) is 18.6 Å². The minimum absolute atomic E-state index is 0.0178. The predicted molar refractivity (Wildman–Crippen MR) is 149 cm³/mol. The van der Waals surface area contributed by atoms with Crippen LogP contribution in [0.3, 0.4) is 0 Å². The van der Waals surface area contributed by atoms with E-state index in [1.54, 1.807) is 9.80 Å². The highest BCUT2D eigenvalue weighted by Gasteiger charge is 2.50. The Balaban J connectivity index is 1.24. The Morgan fingerprint density at radius 2 is 1.79 bits per heavy atom. The molecular weight excluding hydrogens is 496 g/mol. The summed E-state index contributed by atoms with van der Waals surface area (Å²) >= 11 is 0. The minimum Gasteiger partial charge on any atom is -0.432 e. The van der Waals surface area contributed by atoms with Gasteiger partial charge in [-0.05, 0) is 67.1 Å². The maximum Gasteiger partial charge on any atom is 0.228 e. The van der Waals surface area contributed by atoms with Crippen molar-refractivity contribution < 1.29 is 24.2 Å². The summed E-state index contributed by atoms with van der Waals surface area (Å²) in [5.74, 6) is 0.302. The number of rotatable bonds is 8. The number of amides is 2. The third-order valence-corrected chi connectivity index (χ3v) is 11.3. The minimum atomic E-state index is -2.61. The molecule has 0 spiro atoms. The molecule has 8 heteroatoms. The average Bonchev–Trinajstić information content (AvgIpc) is 3.21. The molecule has 3 heterocycles. The number of ether oxygens (including phenoxy) is 1. The van der Waals surface area contributed by atoms with Crippen molar-refractivity contribution >= 4 is 25.8 Å². The Kier molecular flexibility index (Phi) is 7.78. The zero-order valence-corrected chi connectivity index (χ0v) is 23.7. The summed E-state index contributed by atoms with van der Waals surface area (Å²) in [6.07, 6.45) is 2.77. The normalized spacial score (nSPS) is 27.3. The van der Waals surface area contributed by atoms with Crippen LogP contribution in [-0.4, -0.2) is 66.3 Å². The van der Waals surface area contributed by atoms with Crippen molar-refractivity contribution in [2.45, 2.75) is 82.5 Å². The summed E-state index contributed by atoms with van der Waals surface area (Å²) in [6, 6.07) is 16.0. The number of hydrogen-bond acceptors (Lipinski definition) is 5. The summed E-state index contributed by atoms with van der Waals surface area (Å²) in [5, 5.41) is 10.0. The number of aryl methyl sites for hydroxylation is 1. The van der Waals surface area contributed by atoms with Gasteiger partial charge in [-0.3, -0.25) is 9.59 Å². The van der Waals surface area contributed by atoms with Crippen LogP contribution in [0.5, 0.6) is 0 Å². The number of hydrogen-bond donors (Lipinski definition) is 2. The van der Waals surface area contributed by atoms with Gasteiger partial charge < -0.3 is 24.4 Å².